The molecule has 0 unspecified atom stereocenters. The van der Waals surface area contributed by atoms with E-state index in [-0.39, 0.29) is 0 Å². The normalized spacial score (nSPS) is 19.2. The fourth-order valence-corrected chi connectivity index (χ4v) is 2.22. The molecule has 0 aromatic carbocycles. The third kappa shape index (κ3) is 5.27. The van der Waals surface area contributed by atoms with Gasteiger partial charge in [0.15, 0.2) is 0 Å². The lowest BCUT2D eigenvalue weighted by Gasteiger charge is -2.21. The van der Waals surface area contributed by atoms with Crippen LogP contribution in [0.3, 0.4) is 0 Å². The van der Waals surface area contributed by atoms with Gasteiger partial charge in [0.25, 0.3) is 0 Å². The van der Waals surface area contributed by atoms with Crippen molar-refractivity contribution in [3.05, 3.63) is 0 Å². The molecule has 0 spiro atoms. The first-order chi connectivity index (χ1) is 6.43. The fraction of sp³-hybridized carbons (Fsp3) is 1.00. The Hall–Kier alpha value is -0.0800. The van der Waals surface area contributed by atoms with Crippen molar-refractivity contribution in [2.24, 2.45) is 11.7 Å². The van der Waals surface area contributed by atoms with Gasteiger partial charge in [0.05, 0.1) is 0 Å². The lowest BCUT2D eigenvalue weighted by Crippen LogP contribution is -2.23. The Morgan fingerprint density at radius 2 is 1.85 bits per heavy atom. The minimum Gasteiger partial charge on any atom is -0.329 e. The van der Waals surface area contributed by atoms with E-state index in [0.29, 0.717) is 0 Å². The van der Waals surface area contributed by atoms with Crippen molar-refractivity contribution in [2.45, 2.75) is 44.9 Å². The summed E-state index contributed by atoms with van der Waals surface area (Å²) < 4.78 is 0. The summed E-state index contributed by atoms with van der Waals surface area (Å²) in [5.41, 5.74) is 5.39. The third-order valence-corrected chi connectivity index (χ3v) is 3.01. The SMILES string of the molecule is NCCNCCCC1CCCCC1. The quantitative estimate of drug-likeness (QED) is 0.619. The highest BCUT2D eigenvalue weighted by Crippen LogP contribution is 2.26. The topological polar surface area (TPSA) is 38.0 Å². The second-order valence-electron chi connectivity index (χ2n) is 4.18. The highest BCUT2D eigenvalue weighted by molar-refractivity contribution is 4.66. The Kier molecular flexibility index (Phi) is 6.21. The van der Waals surface area contributed by atoms with E-state index in [1.54, 1.807) is 0 Å². The molecule has 0 amide bonds. The van der Waals surface area contributed by atoms with Crippen LogP contribution in [0.5, 0.6) is 0 Å². The minimum atomic E-state index is 0.767. The van der Waals surface area contributed by atoms with Crippen LogP contribution in [-0.2, 0) is 0 Å². The smallest absolute Gasteiger partial charge is 0.00745 e. The van der Waals surface area contributed by atoms with Crippen LogP contribution >= 0.6 is 0 Å². The lowest BCUT2D eigenvalue weighted by molar-refractivity contribution is 0.330. The van der Waals surface area contributed by atoms with Crippen LogP contribution < -0.4 is 11.1 Å². The van der Waals surface area contributed by atoms with Crippen molar-refractivity contribution < 1.29 is 0 Å². The summed E-state index contributed by atoms with van der Waals surface area (Å²) >= 11 is 0. The van der Waals surface area contributed by atoms with Gasteiger partial charge < -0.3 is 11.1 Å². The summed E-state index contributed by atoms with van der Waals surface area (Å²) in [6.45, 7) is 2.90. The van der Waals surface area contributed by atoms with Crippen LogP contribution in [-0.4, -0.2) is 19.6 Å². The van der Waals surface area contributed by atoms with Gasteiger partial charge in [0, 0.05) is 13.1 Å². The van der Waals surface area contributed by atoms with Gasteiger partial charge in [-0.1, -0.05) is 32.1 Å². The molecular formula is C11H24N2. The summed E-state index contributed by atoms with van der Waals surface area (Å²) in [5, 5.41) is 3.35. The summed E-state index contributed by atoms with van der Waals surface area (Å²) in [4.78, 5) is 0. The van der Waals surface area contributed by atoms with Crippen LogP contribution in [0.25, 0.3) is 0 Å². The predicted molar refractivity (Wildman–Crippen MR) is 57.7 cm³/mol. The van der Waals surface area contributed by atoms with E-state index in [0.717, 1.165) is 25.6 Å². The second-order valence-corrected chi connectivity index (χ2v) is 4.18. The molecule has 0 aromatic rings. The van der Waals surface area contributed by atoms with Crippen LogP contribution in [0.15, 0.2) is 0 Å². The maximum Gasteiger partial charge on any atom is 0.00745 e. The Morgan fingerprint density at radius 3 is 2.54 bits per heavy atom. The molecule has 13 heavy (non-hydrogen) atoms. The number of nitrogens with two attached hydrogens (primary N) is 1. The van der Waals surface area contributed by atoms with Crippen LogP contribution in [0, 0.1) is 5.92 Å². The molecule has 3 N–H and O–H groups in total. The molecule has 0 radical (unpaired) electrons. The van der Waals surface area contributed by atoms with Gasteiger partial charge in [-0.25, -0.2) is 0 Å². The summed E-state index contributed by atoms with van der Waals surface area (Å²) in [7, 11) is 0. The Labute approximate surface area is 82.3 Å². The standard InChI is InChI=1S/C11H24N2/c12-8-10-13-9-4-7-11-5-2-1-3-6-11/h11,13H,1-10,12H2. The maximum atomic E-state index is 5.39. The van der Waals surface area contributed by atoms with Gasteiger partial charge in [-0.3, -0.25) is 0 Å². The third-order valence-electron chi connectivity index (χ3n) is 3.01. The summed E-state index contributed by atoms with van der Waals surface area (Å²) in [6.07, 6.45) is 10.2. The number of rotatable bonds is 6. The predicted octanol–water partition coefficient (Wildman–Crippen LogP) is 1.90. The average molecular weight is 184 g/mol. The molecule has 0 aromatic heterocycles. The first kappa shape index (κ1) is 11.0. The van der Waals surface area contributed by atoms with E-state index in [4.69, 9.17) is 5.73 Å². The van der Waals surface area contributed by atoms with Crippen molar-refractivity contribution in [3.63, 3.8) is 0 Å². The molecule has 78 valence electrons. The molecule has 1 saturated carbocycles. The van der Waals surface area contributed by atoms with Crippen LogP contribution in [0.1, 0.15) is 44.9 Å². The van der Waals surface area contributed by atoms with Crippen molar-refractivity contribution in [2.75, 3.05) is 19.6 Å². The van der Waals surface area contributed by atoms with E-state index in [1.807, 2.05) is 0 Å². The van der Waals surface area contributed by atoms with E-state index < -0.39 is 0 Å². The zero-order valence-corrected chi connectivity index (χ0v) is 8.73. The molecule has 0 atom stereocenters. The molecule has 1 aliphatic carbocycles. The van der Waals surface area contributed by atoms with Gasteiger partial charge in [-0.15, -0.1) is 0 Å². The summed E-state index contributed by atoms with van der Waals surface area (Å²) in [5.74, 6) is 1.04. The van der Waals surface area contributed by atoms with Crippen molar-refractivity contribution >= 4 is 0 Å². The molecule has 0 bridgehead atoms. The van der Waals surface area contributed by atoms with Gasteiger partial charge in [0.1, 0.15) is 0 Å². The molecule has 1 fully saturated rings. The van der Waals surface area contributed by atoms with Crippen LogP contribution in [0.4, 0.5) is 0 Å². The molecule has 2 heteroatoms. The molecule has 0 saturated heterocycles. The Bertz CT molecular complexity index is 109. The maximum absolute atomic E-state index is 5.39. The largest absolute Gasteiger partial charge is 0.329 e. The minimum absolute atomic E-state index is 0.767. The lowest BCUT2D eigenvalue weighted by atomic mass is 9.86. The highest BCUT2D eigenvalue weighted by Gasteiger charge is 2.12. The van der Waals surface area contributed by atoms with E-state index in [2.05, 4.69) is 5.32 Å². The number of nitrogens with one attached hydrogen (secondary N) is 1. The van der Waals surface area contributed by atoms with Crippen LogP contribution in [0.2, 0.25) is 0 Å². The zero-order chi connectivity index (χ0) is 9.36. The molecular weight excluding hydrogens is 160 g/mol. The first-order valence-corrected chi connectivity index (χ1v) is 5.84. The highest BCUT2D eigenvalue weighted by atomic mass is 14.9. The molecule has 1 rings (SSSR count). The molecule has 2 nitrogen and oxygen atoms in total. The van der Waals surface area contributed by atoms with Gasteiger partial charge >= 0.3 is 0 Å². The van der Waals surface area contributed by atoms with Gasteiger partial charge in [0.2, 0.25) is 0 Å². The van der Waals surface area contributed by atoms with Crippen molar-refractivity contribution in [3.8, 4) is 0 Å². The molecule has 1 aliphatic rings. The van der Waals surface area contributed by atoms with Gasteiger partial charge in [-0.2, -0.15) is 0 Å². The van der Waals surface area contributed by atoms with E-state index >= 15 is 0 Å². The van der Waals surface area contributed by atoms with Gasteiger partial charge in [-0.05, 0) is 25.3 Å². The fourth-order valence-electron chi connectivity index (χ4n) is 2.22. The Balaban J connectivity index is 1.86. The van der Waals surface area contributed by atoms with E-state index in [9.17, 15) is 0 Å². The average Bonchev–Trinajstić information content (AvgIpc) is 2.19. The summed E-state index contributed by atoms with van der Waals surface area (Å²) in [6, 6.07) is 0. The van der Waals surface area contributed by atoms with E-state index in [1.165, 1.54) is 44.9 Å². The second kappa shape index (κ2) is 7.34. The zero-order valence-electron chi connectivity index (χ0n) is 8.73. The number of hydrogen-bond donors (Lipinski definition) is 2. The Morgan fingerprint density at radius 1 is 1.08 bits per heavy atom. The monoisotopic (exact) mass is 184 g/mol. The molecule has 0 heterocycles. The van der Waals surface area contributed by atoms with Crippen molar-refractivity contribution in [1.29, 1.82) is 0 Å². The molecule has 0 aliphatic heterocycles. The first-order valence-electron chi connectivity index (χ1n) is 5.84. The van der Waals surface area contributed by atoms with Crippen molar-refractivity contribution in [1.82, 2.24) is 5.32 Å². The number of hydrogen-bond acceptors (Lipinski definition) is 2.